The molecule has 3 unspecified atom stereocenters. The van der Waals surface area contributed by atoms with E-state index in [1.54, 1.807) is 0 Å². The molecule has 0 aromatic carbocycles. The van der Waals surface area contributed by atoms with Gasteiger partial charge < -0.3 is 9.84 Å². The maximum atomic E-state index is 15.6. The predicted octanol–water partition coefficient (Wildman–Crippen LogP) is 3.57. The summed E-state index contributed by atoms with van der Waals surface area (Å²) < 4.78 is 20.5. The van der Waals surface area contributed by atoms with Crippen molar-refractivity contribution in [3.05, 3.63) is 23.8 Å². The Balaban J connectivity index is 1.73. The lowest BCUT2D eigenvalue weighted by atomic mass is 9.46. The molecule has 0 bridgehead atoms. The summed E-state index contributed by atoms with van der Waals surface area (Å²) in [7, 11) is 0. The van der Waals surface area contributed by atoms with E-state index in [0.29, 0.717) is 24.8 Å². The van der Waals surface area contributed by atoms with Crippen LogP contribution in [-0.4, -0.2) is 46.4 Å². The van der Waals surface area contributed by atoms with Crippen molar-refractivity contribution < 1.29 is 28.6 Å². The zero-order chi connectivity index (χ0) is 22.9. The average molecular weight is 453 g/mol. The molecule has 3 fully saturated rings. The van der Waals surface area contributed by atoms with Gasteiger partial charge in [0, 0.05) is 17.8 Å². The van der Waals surface area contributed by atoms with Gasteiger partial charge >= 0.3 is 5.97 Å². The van der Waals surface area contributed by atoms with Gasteiger partial charge in [-0.25, -0.2) is 4.39 Å². The number of Topliss-reactive ketones (excluding diaryl/α,β-unsaturated/α-hetero) is 1. The Morgan fingerprint density at radius 1 is 1.32 bits per heavy atom. The molecule has 4 rings (SSSR count). The first kappa shape index (κ1) is 22.7. The molecule has 5 nitrogen and oxygen atoms in total. The highest BCUT2D eigenvalue weighted by Gasteiger charge is 2.70. The lowest BCUT2D eigenvalue weighted by Gasteiger charge is -2.59. The van der Waals surface area contributed by atoms with Crippen LogP contribution in [0.15, 0.2) is 23.8 Å². The van der Waals surface area contributed by atoms with Crippen LogP contribution in [0.3, 0.4) is 0 Å². The zero-order valence-corrected chi connectivity index (χ0v) is 19.1. The minimum absolute atomic E-state index is 0.00815. The summed E-state index contributed by atoms with van der Waals surface area (Å²) in [5, 5.41) is 10.9. The van der Waals surface area contributed by atoms with Crippen LogP contribution in [0.4, 0.5) is 4.39 Å². The van der Waals surface area contributed by atoms with Crippen LogP contribution in [0.5, 0.6) is 0 Å². The van der Waals surface area contributed by atoms with Gasteiger partial charge in [-0.3, -0.25) is 14.4 Å². The van der Waals surface area contributed by atoms with E-state index >= 15 is 4.39 Å². The third-order valence-corrected chi connectivity index (χ3v) is 9.49. The van der Waals surface area contributed by atoms with Gasteiger partial charge in [0.2, 0.25) is 5.78 Å². The van der Waals surface area contributed by atoms with E-state index in [-0.39, 0.29) is 29.5 Å². The normalized spacial score (nSPS) is 48.4. The summed E-state index contributed by atoms with van der Waals surface area (Å²) >= 11 is 6.73. The molecule has 0 aromatic heterocycles. The number of aliphatic hydroxyl groups is 1. The lowest BCUT2D eigenvalue weighted by Crippen LogP contribution is -2.62. The Labute approximate surface area is 187 Å². The van der Waals surface area contributed by atoms with E-state index in [1.165, 1.54) is 19.1 Å². The molecule has 0 aromatic rings. The second-order valence-corrected chi connectivity index (χ2v) is 10.8. The first-order valence-electron chi connectivity index (χ1n) is 11.0. The summed E-state index contributed by atoms with van der Waals surface area (Å²) in [6, 6.07) is 0. The van der Waals surface area contributed by atoms with E-state index in [4.69, 9.17) is 16.3 Å². The molecule has 0 amide bonds. The second kappa shape index (κ2) is 7.24. The van der Waals surface area contributed by atoms with Gasteiger partial charge in [-0.2, -0.15) is 0 Å². The molecule has 0 aliphatic heterocycles. The number of allylic oxidation sites excluding steroid dienone is 4. The van der Waals surface area contributed by atoms with Crippen LogP contribution >= 0.6 is 11.6 Å². The van der Waals surface area contributed by atoms with Gasteiger partial charge in [-0.1, -0.05) is 26.8 Å². The fourth-order valence-corrected chi connectivity index (χ4v) is 7.83. The van der Waals surface area contributed by atoms with Crippen molar-refractivity contribution in [2.24, 2.45) is 34.5 Å². The molecule has 9 atom stereocenters. The van der Waals surface area contributed by atoms with Crippen LogP contribution in [0.25, 0.3) is 0 Å². The van der Waals surface area contributed by atoms with Gasteiger partial charge in [-0.15, -0.1) is 11.6 Å². The maximum Gasteiger partial charge on any atom is 0.303 e. The fraction of sp³-hybridized carbons (Fsp3) is 0.708. The molecule has 0 heterocycles. The van der Waals surface area contributed by atoms with Crippen LogP contribution in [0.2, 0.25) is 0 Å². The quantitative estimate of drug-likeness (QED) is 0.523. The Kier molecular flexibility index (Phi) is 5.29. The highest BCUT2D eigenvalue weighted by atomic mass is 35.5. The zero-order valence-electron chi connectivity index (χ0n) is 18.4. The SMILES string of the molecule is CC(=O)OCC(=O)[C@@]1(O)C(C)C[C@H]2[C@@H]3C(Cl)C(F)C4=CC(=O)C=C[C@]4(C)[C@H]3CC[C@@]21C. The van der Waals surface area contributed by atoms with Crippen molar-refractivity contribution in [2.45, 2.75) is 64.1 Å². The molecule has 31 heavy (non-hydrogen) atoms. The Morgan fingerprint density at radius 3 is 2.65 bits per heavy atom. The molecule has 7 heteroatoms. The van der Waals surface area contributed by atoms with Gasteiger partial charge in [0.1, 0.15) is 11.8 Å². The molecule has 4 aliphatic rings. The van der Waals surface area contributed by atoms with E-state index in [2.05, 4.69) is 0 Å². The highest BCUT2D eigenvalue weighted by molar-refractivity contribution is 6.21. The Morgan fingerprint density at radius 2 is 2.00 bits per heavy atom. The summed E-state index contributed by atoms with van der Waals surface area (Å²) in [6.07, 6.45) is 4.99. The van der Waals surface area contributed by atoms with Gasteiger partial charge in [0.25, 0.3) is 0 Å². The number of ether oxygens (including phenoxy) is 1. The Hall–Kier alpha value is -1.53. The van der Waals surface area contributed by atoms with Crippen LogP contribution in [0, 0.1) is 34.5 Å². The van der Waals surface area contributed by atoms with Crippen molar-refractivity contribution in [3.63, 3.8) is 0 Å². The standard InChI is InChI=1S/C24H30ClFO5/c1-12-9-16-19-15(22(3)7-5-14(28)10-17(22)21(26)20(19)25)6-8-23(16,4)24(12,30)18(29)11-31-13(2)27/h5,7,10,12,15-16,19-21,30H,6,8-9,11H2,1-4H3/t12?,15-,16-,19+,20?,21?,22+,23-,24-/m0/s1. The molecule has 170 valence electrons. The number of hydrogen-bond donors (Lipinski definition) is 1. The van der Waals surface area contributed by atoms with Crippen LogP contribution in [0.1, 0.15) is 47.0 Å². The topological polar surface area (TPSA) is 80.7 Å². The van der Waals surface area contributed by atoms with Crippen molar-refractivity contribution in [3.8, 4) is 0 Å². The molecule has 4 aliphatic carbocycles. The lowest BCUT2D eigenvalue weighted by molar-refractivity contribution is -0.174. The van der Waals surface area contributed by atoms with E-state index in [0.717, 1.165) is 0 Å². The summed E-state index contributed by atoms with van der Waals surface area (Å²) in [5.74, 6) is -2.10. The summed E-state index contributed by atoms with van der Waals surface area (Å²) in [5.41, 5.74) is -2.65. The van der Waals surface area contributed by atoms with Gasteiger partial charge in [0.15, 0.2) is 12.4 Å². The summed E-state index contributed by atoms with van der Waals surface area (Å²) in [6.45, 7) is 6.44. The molecular formula is C24H30ClFO5. The first-order chi connectivity index (χ1) is 14.4. The highest BCUT2D eigenvalue weighted by Crippen LogP contribution is 2.69. The number of halogens is 2. The Bertz CT molecular complexity index is 898. The first-order valence-corrected chi connectivity index (χ1v) is 11.4. The monoisotopic (exact) mass is 452 g/mol. The summed E-state index contributed by atoms with van der Waals surface area (Å²) in [4.78, 5) is 36.2. The number of carbonyl (C=O) groups excluding carboxylic acids is 3. The van der Waals surface area contributed by atoms with Crippen LogP contribution < -0.4 is 0 Å². The number of ketones is 2. The third-order valence-electron chi connectivity index (χ3n) is 8.97. The predicted molar refractivity (Wildman–Crippen MR) is 113 cm³/mol. The fourth-order valence-electron chi connectivity index (χ4n) is 7.35. The molecular weight excluding hydrogens is 423 g/mol. The molecule has 3 saturated carbocycles. The van der Waals surface area contributed by atoms with Crippen molar-refractivity contribution in [1.82, 2.24) is 0 Å². The smallest absolute Gasteiger partial charge is 0.303 e. The van der Waals surface area contributed by atoms with Crippen molar-refractivity contribution >= 4 is 29.1 Å². The number of alkyl halides is 2. The number of esters is 1. The minimum Gasteiger partial charge on any atom is -0.458 e. The molecule has 0 saturated heterocycles. The maximum absolute atomic E-state index is 15.6. The largest absolute Gasteiger partial charge is 0.458 e. The van der Waals surface area contributed by atoms with E-state index < -0.39 is 46.3 Å². The van der Waals surface area contributed by atoms with E-state index in [9.17, 15) is 19.5 Å². The van der Waals surface area contributed by atoms with Gasteiger partial charge in [0.05, 0.1) is 5.38 Å². The number of rotatable bonds is 3. The van der Waals surface area contributed by atoms with Gasteiger partial charge in [-0.05, 0) is 60.7 Å². The number of fused-ring (bicyclic) bond motifs is 5. The third kappa shape index (κ3) is 2.93. The van der Waals surface area contributed by atoms with E-state index in [1.807, 2.05) is 26.8 Å². The molecule has 0 radical (unpaired) electrons. The van der Waals surface area contributed by atoms with Crippen LogP contribution in [-0.2, 0) is 19.1 Å². The average Bonchev–Trinajstić information content (AvgIpc) is 2.92. The van der Waals surface area contributed by atoms with Crippen molar-refractivity contribution in [2.75, 3.05) is 6.61 Å². The number of hydrogen-bond acceptors (Lipinski definition) is 5. The second-order valence-electron chi connectivity index (χ2n) is 10.3. The minimum atomic E-state index is -1.67. The molecule has 1 N–H and O–H groups in total. The number of carbonyl (C=O) groups is 3. The molecule has 0 spiro atoms. The van der Waals surface area contributed by atoms with Crippen molar-refractivity contribution in [1.29, 1.82) is 0 Å².